The van der Waals surface area contributed by atoms with E-state index in [1.807, 2.05) is 6.07 Å². The van der Waals surface area contributed by atoms with E-state index in [9.17, 15) is 0 Å². The Morgan fingerprint density at radius 3 is 2.40 bits per heavy atom. The third-order valence-electron chi connectivity index (χ3n) is 1.59. The minimum absolute atomic E-state index is 1.01. The predicted molar refractivity (Wildman–Crippen MR) is 50.9 cm³/mol. The summed E-state index contributed by atoms with van der Waals surface area (Å²) in [7, 11) is 0. The lowest BCUT2D eigenvalue weighted by molar-refractivity contribution is 1.26. The molecule has 0 aliphatic carbocycles. The van der Waals surface area contributed by atoms with Crippen molar-refractivity contribution in [3.8, 4) is 0 Å². The van der Waals surface area contributed by atoms with Crippen molar-refractivity contribution < 1.29 is 0 Å². The fourth-order valence-corrected chi connectivity index (χ4v) is 1.86. The molecule has 0 atom stereocenters. The van der Waals surface area contributed by atoms with Crippen LogP contribution in [0, 0.1) is 13.8 Å². The highest BCUT2D eigenvalue weighted by molar-refractivity contribution is 9.10. The van der Waals surface area contributed by atoms with E-state index in [1.165, 1.54) is 11.1 Å². The van der Waals surface area contributed by atoms with Crippen LogP contribution in [0.1, 0.15) is 11.1 Å². The lowest BCUT2D eigenvalue weighted by Gasteiger charge is -2.02. The van der Waals surface area contributed by atoms with Gasteiger partial charge in [-0.2, -0.15) is 0 Å². The SMILES string of the molecule is Cc1cc(S)cc(Br)c1C. The molecule has 0 radical (unpaired) electrons. The van der Waals surface area contributed by atoms with Crippen molar-refractivity contribution in [3.05, 3.63) is 27.7 Å². The van der Waals surface area contributed by atoms with Gasteiger partial charge in [-0.3, -0.25) is 0 Å². The van der Waals surface area contributed by atoms with E-state index in [0.29, 0.717) is 0 Å². The van der Waals surface area contributed by atoms with Crippen molar-refractivity contribution in [1.82, 2.24) is 0 Å². The van der Waals surface area contributed by atoms with Gasteiger partial charge in [-0.15, -0.1) is 12.6 Å². The van der Waals surface area contributed by atoms with E-state index in [4.69, 9.17) is 0 Å². The number of hydrogen-bond donors (Lipinski definition) is 1. The van der Waals surface area contributed by atoms with Crippen LogP contribution in [0.2, 0.25) is 0 Å². The predicted octanol–water partition coefficient (Wildman–Crippen LogP) is 3.35. The molecule has 54 valence electrons. The van der Waals surface area contributed by atoms with Crippen LogP contribution in [0.4, 0.5) is 0 Å². The first kappa shape index (κ1) is 8.15. The maximum absolute atomic E-state index is 4.24. The summed E-state index contributed by atoms with van der Waals surface area (Å²) in [5, 5.41) is 0. The van der Waals surface area contributed by atoms with Gasteiger partial charge in [0.2, 0.25) is 0 Å². The van der Waals surface area contributed by atoms with Crippen molar-refractivity contribution in [1.29, 1.82) is 0 Å². The average Bonchev–Trinajstić information content (AvgIpc) is 1.82. The van der Waals surface area contributed by atoms with Crippen LogP contribution < -0.4 is 0 Å². The molecule has 0 aromatic heterocycles. The van der Waals surface area contributed by atoms with Gasteiger partial charge < -0.3 is 0 Å². The molecule has 1 rings (SSSR count). The number of benzene rings is 1. The largest absolute Gasteiger partial charge is 0.143 e. The monoisotopic (exact) mass is 216 g/mol. The van der Waals surface area contributed by atoms with Crippen LogP contribution in [-0.4, -0.2) is 0 Å². The summed E-state index contributed by atoms with van der Waals surface area (Å²) >= 11 is 7.69. The first-order valence-corrected chi connectivity index (χ1v) is 4.31. The Morgan fingerprint density at radius 2 is 1.90 bits per heavy atom. The molecule has 0 bridgehead atoms. The zero-order valence-corrected chi connectivity index (χ0v) is 8.46. The molecule has 10 heavy (non-hydrogen) atoms. The molecule has 0 nitrogen and oxygen atoms in total. The molecule has 1 aromatic rings. The molecule has 0 saturated carbocycles. The van der Waals surface area contributed by atoms with Gasteiger partial charge in [0.1, 0.15) is 0 Å². The quantitative estimate of drug-likeness (QED) is 0.633. The molecule has 2 heteroatoms. The second kappa shape index (κ2) is 2.97. The van der Waals surface area contributed by atoms with Crippen LogP contribution in [0.3, 0.4) is 0 Å². The Balaban J connectivity index is 3.31. The zero-order chi connectivity index (χ0) is 7.72. The van der Waals surface area contributed by atoms with E-state index in [0.717, 1.165) is 9.37 Å². The molecule has 0 aliphatic heterocycles. The standard InChI is InChI=1S/C8H9BrS/c1-5-3-7(10)4-8(9)6(5)2/h3-4,10H,1-2H3. The van der Waals surface area contributed by atoms with Crippen LogP contribution in [0.15, 0.2) is 21.5 Å². The van der Waals surface area contributed by atoms with Gasteiger partial charge in [-0.25, -0.2) is 0 Å². The Bertz CT molecular complexity index is 232. The Labute approximate surface area is 75.2 Å². The van der Waals surface area contributed by atoms with Gasteiger partial charge >= 0.3 is 0 Å². The third kappa shape index (κ3) is 1.55. The molecule has 0 saturated heterocycles. The molecule has 0 unspecified atom stereocenters. The maximum atomic E-state index is 4.24. The van der Waals surface area contributed by atoms with Crippen molar-refractivity contribution in [2.75, 3.05) is 0 Å². The normalized spacial score (nSPS) is 10.0. The molecule has 0 spiro atoms. The third-order valence-corrected chi connectivity index (χ3v) is 2.67. The summed E-state index contributed by atoms with van der Waals surface area (Å²) in [6, 6.07) is 4.06. The number of hydrogen-bond acceptors (Lipinski definition) is 1. The highest BCUT2D eigenvalue weighted by atomic mass is 79.9. The van der Waals surface area contributed by atoms with Crippen molar-refractivity contribution >= 4 is 28.6 Å². The second-order valence-electron chi connectivity index (χ2n) is 2.37. The average molecular weight is 217 g/mol. The molecular weight excluding hydrogens is 208 g/mol. The summed E-state index contributed by atoms with van der Waals surface area (Å²) in [6.45, 7) is 4.17. The summed E-state index contributed by atoms with van der Waals surface area (Å²) in [5.74, 6) is 0. The highest BCUT2D eigenvalue weighted by Gasteiger charge is 1.98. The number of rotatable bonds is 0. The molecule has 0 amide bonds. The summed E-state index contributed by atoms with van der Waals surface area (Å²) in [5.41, 5.74) is 2.57. The fraction of sp³-hybridized carbons (Fsp3) is 0.250. The van der Waals surface area contributed by atoms with Crippen molar-refractivity contribution in [2.45, 2.75) is 18.7 Å². The molecule has 0 fully saturated rings. The van der Waals surface area contributed by atoms with E-state index in [2.05, 4.69) is 48.5 Å². The lowest BCUT2D eigenvalue weighted by Crippen LogP contribution is -1.81. The van der Waals surface area contributed by atoms with E-state index in [1.54, 1.807) is 0 Å². The first-order chi connectivity index (χ1) is 4.61. The number of thiol groups is 1. The topological polar surface area (TPSA) is 0 Å². The molecule has 1 aromatic carbocycles. The zero-order valence-electron chi connectivity index (χ0n) is 5.98. The van der Waals surface area contributed by atoms with Crippen molar-refractivity contribution in [2.24, 2.45) is 0 Å². The molecular formula is C8H9BrS. The van der Waals surface area contributed by atoms with E-state index < -0.39 is 0 Å². The molecule has 0 heterocycles. The van der Waals surface area contributed by atoms with E-state index in [-0.39, 0.29) is 0 Å². The van der Waals surface area contributed by atoms with Crippen molar-refractivity contribution in [3.63, 3.8) is 0 Å². The van der Waals surface area contributed by atoms with E-state index >= 15 is 0 Å². The van der Waals surface area contributed by atoms with Gasteiger partial charge in [0, 0.05) is 9.37 Å². The lowest BCUT2D eigenvalue weighted by atomic mass is 10.1. The highest BCUT2D eigenvalue weighted by Crippen LogP contribution is 2.22. The summed E-state index contributed by atoms with van der Waals surface area (Å²) in [4.78, 5) is 1.01. The van der Waals surface area contributed by atoms with Gasteiger partial charge in [0.05, 0.1) is 0 Å². The minimum Gasteiger partial charge on any atom is -0.143 e. The van der Waals surface area contributed by atoms with Gasteiger partial charge in [0.25, 0.3) is 0 Å². The maximum Gasteiger partial charge on any atom is 0.0218 e. The van der Waals surface area contributed by atoms with Crippen LogP contribution >= 0.6 is 28.6 Å². The first-order valence-electron chi connectivity index (χ1n) is 3.07. The van der Waals surface area contributed by atoms with Gasteiger partial charge in [-0.1, -0.05) is 15.9 Å². The van der Waals surface area contributed by atoms with Crippen LogP contribution in [0.25, 0.3) is 0 Å². The number of halogens is 1. The minimum atomic E-state index is 1.01. The summed E-state index contributed by atoms with van der Waals surface area (Å²) in [6.07, 6.45) is 0. The second-order valence-corrected chi connectivity index (χ2v) is 3.74. The summed E-state index contributed by atoms with van der Waals surface area (Å²) < 4.78 is 1.14. The Morgan fingerprint density at radius 1 is 1.30 bits per heavy atom. The van der Waals surface area contributed by atoms with Gasteiger partial charge in [-0.05, 0) is 37.1 Å². The molecule has 0 N–H and O–H groups in total. The fourth-order valence-electron chi connectivity index (χ4n) is 0.798. The Kier molecular flexibility index (Phi) is 2.42. The number of aryl methyl sites for hydroxylation is 1. The smallest absolute Gasteiger partial charge is 0.0218 e. The Hall–Kier alpha value is 0.0500. The van der Waals surface area contributed by atoms with Gasteiger partial charge in [0.15, 0.2) is 0 Å². The van der Waals surface area contributed by atoms with Crippen LogP contribution in [-0.2, 0) is 0 Å². The van der Waals surface area contributed by atoms with Crippen LogP contribution in [0.5, 0.6) is 0 Å². The molecule has 0 aliphatic rings.